The van der Waals surface area contributed by atoms with E-state index in [0.717, 1.165) is 12.7 Å². The van der Waals surface area contributed by atoms with Gasteiger partial charge in [0.2, 0.25) is 0 Å². The van der Waals surface area contributed by atoms with Crippen molar-refractivity contribution in [3.63, 3.8) is 0 Å². The molecule has 0 atom stereocenters. The second kappa shape index (κ2) is 5.75. The Balaban J connectivity index is 0.000000280. The van der Waals surface area contributed by atoms with E-state index in [1.165, 1.54) is 10.8 Å². The zero-order chi connectivity index (χ0) is 12.0. The van der Waals surface area contributed by atoms with Crippen LogP contribution in [-0.2, 0) is 4.79 Å². The number of hydrogen-bond donors (Lipinski definition) is 1. The first-order valence-corrected chi connectivity index (χ1v) is 4.86. The maximum Gasteiger partial charge on any atom is 0.300 e. The van der Waals surface area contributed by atoms with Gasteiger partial charge in [0.15, 0.2) is 0 Å². The van der Waals surface area contributed by atoms with Crippen LogP contribution in [0.2, 0.25) is 0 Å². The highest BCUT2D eigenvalue weighted by Crippen LogP contribution is 2.19. The first-order chi connectivity index (χ1) is 7.63. The molecule has 2 aromatic rings. The van der Waals surface area contributed by atoms with Gasteiger partial charge in [-0.25, -0.2) is 0 Å². The highest BCUT2D eigenvalue weighted by atomic mass is 16.5. The molecule has 3 nitrogen and oxygen atoms in total. The molecule has 84 valence electrons. The molecule has 16 heavy (non-hydrogen) atoms. The van der Waals surface area contributed by atoms with Crippen LogP contribution >= 0.6 is 0 Å². The van der Waals surface area contributed by atoms with Crippen molar-refractivity contribution in [3.05, 3.63) is 42.5 Å². The Hall–Kier alpha value is -2.03. The molecule has 0 aliphatic rings. The van der Waals surface area contributed by atoms with Crippen molar-refractivity contribution in [2.45, 2.75) is 6.92 Å². The van der Waals surface area contributed by atoms with Crippen molar-refractivity contribution in [1.82, 2.24) is 0 Å². The van der Waals surface area contributed by atoms with E-state index in [4.69, 9.17) is 14.6 Å². The van der Waals surface area contributed by atoms with Gasteiger partial charge in [-0.05, 0) is 22.9 Å². The third-order valence-electron chi connectivity index (χ3n) is 1.96. The lowest BCUT2D eigenvalue weighted by Crippen LogP contribution is -1.81. The van der Waals surface area contributed by atoms with Crippen LogP contribution in [0.25, 0.3) is 10.8 Å². The SMILES string of the molecule is CC(=O)O.COc1ccc2ccccc2c1. The van der Waals surface area contributed by atoms with Gasteiger partial charge in [0.1, 0.15) is 5.75 Å². The average molecular weight is 218 g/mol. The molecule has 3 heteroatoms. The van der Waals surface area contributed by atoms with Crippen molar-refractivity contribution in [3.8, 4) is 5.75 Å². The number of ether oxygens (including phenoxy) is 1. The molecular formula is C13H14O3. The lowest BCUT2D eigenvalue weighted by Gasteiger charge is -2.00. The smallest absolute Gasteiger partial charge is 0.300 e. The van der Waals surface area contributed by atoms with E-state index in [1.807, 2.05) is 24.3 Å². The number of carboxylic acid groups (broad SMARTS) is 1. The third-order valence-corrected chi connectivity index (χ3v) is 1.96. The molecule has 0 aromatic heterocycles. The van der Waals surface area contributed by atoms with Gasteiger partial charge in [0.05, 0.1) is 7.11 Å². The van der Waals surface area contributed by atoms with Crippen molar-refractivity contribution in [1.29, 1.82) is 0 Å². The minimum Gasteiger partial charge on any atom is -0.497 e. The van der Waals surface area contributed by atoms with Crippen LogP contribution in [0.3, 0.4) is 0 Å². The molecule has 0 heterocycles. The molecule has 0 saturated heterocycles. The molecule has 0 spiro atoms. The number of carbonyl (C=O) groups is 1. The molecule has 0 radical (unpaired) electrons. The van der Waals surface area contributed by atoms with Crippen LogP contribution in [0.15, 0.2) is 42.5 Å². The third kappa shape index (κ3) is 3.61. The summed E-state index contributed by atoms with van der Waals surface area (Å²) in [5.41, 5.74) is 0. The van der Waals surface area contributed by atoms with Crippen molar-refractivity contribution < 1.29 is 14.6 Å². The van der Waals surface area contributed by atoms with E-state index in [0.29, 0.717) is 0 Å². The first kappa shape index (κ1) is 12.0. The molecule has 2 rings (SSSR count). The molecule has 0 bridgehead atoms. The summed E-state index contributed by atoms with van der Waals surface area (Å²) in [4.78, 5) is 9.00. The van der Waals surface area contributed by atoms with Gasteiger partial charge in [-0.3, -0.25) is 4.79 Å². The van der Waals surface area contributed by atoms with E-state index in [2.05, 4.69) is 18.2 Å². The second-order valence-corrected chi connectivity index (χ2v) is 3.23. The van der Waals surface area contributed by atoms with E-state index >= 15 is 0 Å². The summed E-state index contributed by atoms with van der Waals surface area (Å²) in [6.07, 6.45) is 0. The highest BCUT2D eigenvalue weighted by Gasteiger charge is 1.93. The molecule has 0 unspecified atom stereocenters. The number of hydrogen-bond acceptors (Lipinski definition) is 2. The van der Waals surface area contributed by atoms with Crippen LogP contribution in [0, 0.1) is 0 Å². The topological polar surface area (TPSA) is 46.5 Å². The van der Waals surface area contributed by atoms with E-state index in [9.17, 15) is 0 Å². The predicted octanol–water partition coefficient (Wildman–Crippen LogP) is 2.94. The predicted molar refractivity (Wildman–Crippen MR) is 63.8 cm³/mol. The number of benzene rings is 2. The lowest BCUT2D eigenvalue weighted by atomic mass is 10.1. The Morgan fingerprint density at radius 1 is 1.12 bits per heavy atom. The molecule has 2 aromatic carbocycles. The maximum atomic E-state index is 9.00. The summed E-state index contributed by atoms with van der Waals surface area (Å²) in [5, 5.41) is 9.88. The standard InChI is InChI=1S/C11H10O.C2H4O2/c1-12-11-7-6-9-4-2-3-5-10(9)8-11;1-2(3)4/h2-8H,1H3;1H3,(H,3,4). The zero-order valence-electron chi connectivity index (χ0n) is 9.31. The molecule has 0 amide bonds. The zero-order valence-corrected chi connectivity index (χ0v) is 9.31. The molecule has 1 N–H and O–H groups in total. The number of fused-ring (bicyclic) bond motifs is 1. The Morgan fingerprint density at radius 2 is 1.69 bits per heavy atom. The van der Waals surface area contributed by atoms with Gasteiger partial charge < -0.3 is 9.84 Å². The van der Waals surface area contributed by atoms with Crippen molar-refractivity contribution in [2.24, 2.45) is 0 Å². The summed E-state index contributed by atoms with van der Waals surface area (Å²) in [6, 6.07) is 14.3. The monoisotopic (exact) mass is 218 g/mol. The minimum atomic E-state index is -0.833. The molecule has 0 aliphatic heterocycles. The largest absolute Gasteiger partial charge is 0.497 e. The van der Waals surface area contributed by atoms with Gasteiger partial charge in [-0.15, -0.1) is 0 Å². The highest BCUT2D eigenvalue weighted by molar-refractivity contribution is 5.83. The minimum absolute atomic E-state index is 0.833. The van der Waals surface area contributed by atoms with Gasteiger partial charge >= 0.3 is 0 Å². The van der Waals surface area contributed by atoms with Crippen LogP contribution in [-0.4, -0.2) is 18.2 Å². The van der Waals surface area contributed by atoms with Gasteiger partial charge in [0, 0.05) is 6.92 Å². The summed E-state index contributed by atoms with van der Waals surface area (Å²) < 4.78 is 5.12. The van der Waals surface area contributed by atoms with Crippen molar-refractivity contribution in [2.75, 3.05) is 7.11 Å². The van der Waals surface area contributed by atoms with E-state index < -0.39 is 5.97 Å². The van der Waals surface area contributed by atoms with E-state index in [1.54, 1.807) is 7.11 Å². The molecule has 0 fully saturated rings. The van der Waals surface area contributed by atoms with Crippen LogP contribution < -0.4 is 4.74 Å². The van der Waals surface area contributed by atoms with Gasteiger partial charge in [0.25, 0.3) is 5.97 Å². The van der Waals surface area contributed by atoms with Crippen molar-refractivity contribution >= 4 is 16.7 Å². The number of rotatable bonds is 1. The molecule has 0 saturated carbocycles. The summed E-state index contributed by atoms with van der Waals surface area (Å²) in [5.74, 6) is 0.0775. The summed E-state index contributed by atoms with van der Waals surface area (Å²) in [7, 11) is 1.68. The van der Waals surface area contributed by atoms with Crippen LogP contribution in [0.1, 0.15) is 6.92 Å². The van der Waals surface area contributed by atoms with Gasteiger partial charge in [-0.2, -0.15) is 0 Å². The number of carboxylic acids is 1. The fraction of sp³-hybridized carbons (Fsp3) is 0.154. The Morgan fingerprint density at radius 3 is 2.25 bits per heavy atom. The Kier molecular flexibility index (Phi) is 4.33. The van der Waals surface area contributed by atoms with Crippen LogP contribution in [0.5, 0.6) is 5.75 Å². The Bertz CT molecular complexity index is 473. The van der Waals surface area contributed by atoms with Gasteiger partial charge in [-0.1, -0.05) is 30.3 Å². The molecule has 0 aliphatic carbocycles. The van der Waals surface area contributed by atoms with E-state index in [-0.39, 0.29) is 0 Å². The fourth-order valence-corrected chi connectivity index (χ4v) is 1.29. The normalized spacial score (nSPS) is 9.12. The second-order valence-electron chi connectivity index (χ2n) is 3.23. The number of aliphatic carboxylic acids is 1. The summed E-state index contributed by atoms with van der Waals surface area (Å²) >= 11 is 0. The Labute approximate surface area is 94.3 Å². The quantitative estimate of drug-likeness (QED) is 0.800. The lowest BCUT2D eigenvalue weighted by molar-refractivity contribution is -0.134. The fourth-order valence-electron chi connectivity index (χ4n) is 1.29. The first-order valence-electron chi connectivity index (χ1n) is 4.86. The van der Waals surface area contributed by atoms with Crippen LogP contribution in [0.4, 0.5) is 0 Å². The maximum absolute atomic E-state index is 9.00. The number of methoxy groups -OCH3 is 1. The average Bonchev–Trinajstić information content (AvgIpc) is 2.27. The summed E-state index contributed by atoms with van der Waals surface area (Å²) in [6.45, 7) is 1.08. The molecular weight excluding hydrogens is 204 g/mol.